The van der Waals surface area contributed by atoms with Crippen LogP contribution < -0.4 is 5.32 Å². The number of benzene rings is 1. The lowest BCUT2D eigenvalue weighted by Gasteiger charge is -2.18. The van der Waals surface area contributed by atoms with E-state index in [1.807, 2.05) is 16.8 Å². The van der Waals surface area contributed by atoms with E-state index in [1.54, 1.807) is 24.7 Å². The Morgan fingerprint density at radius 1 is 1.48 bits per heavy atom. The predicted octanol–water partition coefficient (Wildman–Crippen LogP) is 2.92. The molecule has 1 aromatic heterocycles. The van der Waals surface area contributed by atoms with Crippen LogP contribution in [-0.4, -0.2) is 21.0 Å². The van der Waals surface area contributed by atoms with Gasteiger partial charge in [0.15, 0.2) is 0 Å². The molecule has 1 atom stereocenters. The third-order valence-electron chi connectivity index (χ3n) is 3.38. The van der Waals surface area contributed by atoms with Gasteiger partial charge in [0.25, 0.3) is 5.69 Å². The van der Waals surface area contributed by atoms with Crippen molar-refractivity contribution in [3.05, 3.63) is 58.7 Å². The van der Waals surface area contributed by atoms with Gasteiger partial charge < -0.3 is 9.88 Å². The van der Waals surface area contributed by atoms with Gasteiger partial charge in [-0.2, -0.15) is 0 Å². The van der Waals surface area contributed by atoms with Crippen LogP contribution in [0.1, 0.15) is 31.4 Å². The molecule has 112 valence electrons. The first-order valence-corrected chi connectivity index (χ1v) is 7.14. The Morgan fingerprint density at radius 3 is 3.00 bits per heavy atom. The number of rotatable bonds is 8. The van der Waals surface area contributed by atoms with Gasteiger partial charge in [-0.1, -0.05) is 25.5 Å². The van der Waals surface area contributed by atoms with Crippen molar-refractivity contribution >= 4 is 5.69 Å². The molecular formula is C15H20N4O2. The van der Waals surface area contributed by atoms with Crippen LogP contribution in [0.15, 0.2) is 43.0 Å². The van der Waals surface area contributed by atoms with Crippen molar-refractivity contribution in [3.8, 4) is 0 Å². The van der Waals surface area contributed by atoms with E-state index >= 15 is 0 Å². The molecule has 1 aromatic carbocycles. The monoisotopic (exact) mass is 288 g/mol. The number of hydrogen-bond acceptors (Lipinski definition) is 4. The van der Waals surface area contributed by atoms with Crippen molar-refractivity contribution in [2.24, 2.45) is 0 Å². The van der Waals surface area contributed by atoms with Crippen LogP contribution in [-0.2, 0) is 6.54 Å². The van der Waals surface area contributed by atoms with Gasteiger partial charge in [-0.15, -0.1) is 0 Å². The van der Waals surface area contributed by atoms with Crippen molar-refractivity contribution in [2.75, 3.05) is 6.54 Å². The average molecular weight is 288 g/mol. The molecule has 0 aliphatic carbocycles. The molecule has 2 rings (SSSR count). The summed E-state index contributed by atoms with van der Waals surface area (Å²) < 4.78 is 2.00. The summed E-state index contributed by atoms with van der Waals surface area (Å²) in [7, 11) is 0. The van der Waals surface area contributed by atoms with Crippen molar-refractivity contribution in [3.63, 3.8) is 0 Å². The first-order chi connectivity index (χ1) is 10.2. The highest BCUT2D eigenvalue weighted by Crippen LogP contribution is 2.22. The quantitative estimate of drug-likeness (QED) is 0.598. The molecule has 0 fully saturated rings. The Morgan fingerprint density at radius 2 is 2.33 bits per heavy atom. The topological polar surface area (TPSA) is 73.0 Å². The summed E-state index contributed by atoms with van der Waals surface area (Å²) in [6.07, 6.45) is 7.42. The minimum atomic E-state index is -0.349. The number of aromatic nitrogens is 2. The summed E-state index contributed by atoms with van der Waals surface area (Å²) in [6.45, 7) is 3.74. The number of nitro benzene ring substituents is 1. The van der Waals surface area contributed by atoms with Crippen molar-refractivity contribution in [2.45, 2.75) is 32.4 Å². The zero-order valence-corrected chi connectivity index (χ0v) is 12.1. The first kappa shape index (κ1) is 15.2. The van der Waals surface area contributed by atoms with Crippen molar-refractivity contribution < 1.29 is 4.92 Å². The summed E-state index contributed by atoms with van der Waals surface area (Å²) in [5.41, 5.74) is 1.11. The first-order valence-electron chi connectivity index (χ1n) is 7.14. The molecule has 0 aliphatic heterocycles. The molecule has 21 heavy (non-hydrogen) atoms. The maximum Gasteiger partial charge on any atom is 0.269 e. The maximum absolute atomic E-state index is 10.9. The molecule has 0 saturated heterocycles. The average Bonchev–Trinajstić information content (AvgIpc) is 3.00. The molecule has 0 amide bonds. The molecule has 6 nitrogen and oxygen atoms in total. The van der Waals surface area contributed by atoms with E-state index in [0.717, 1.165) is 31.5 Å². The number of nitrogens with zero attached hydrogens (tertiary/aromatic N) is 3. The SMILES string of the molecule is CCCC(NCCn1ccnc1)c1cccc([N+](=O)[O-])c1. The molecule has 0 spiro atoms. The lowest BCUT2D eigenvalue weighted by atomic mass is 10.0. The Hall–Kier alpha value is -2.21. The van der Waals surface area contributed by atoms with Crippen molar-refractivity contribution in [1.29, 1.82) is 0 Å². The largest absolute Gasteiger partial charge is 0.336 e. The van der Waals surface area contributed by atoms with Gasteiger partial charge in [-0.05, 0) is 12.0 Å². The summed E-state index contributed by atoms with van der Waals surface area (Å²) in [6, 6.07) is 7.01. The molecular weight excluding hydrogens is 268 g/mol. The highest BCUT2D eigenvalue weighted by Gasteiger charge is 2.13. The number of nitro groups is 1. The van der Waals surface area contributed by atoms with Crippen LogP contribution in [0.3, 0.4) is 0 Å². The second-order valence-corrected chi connectivity index (χ2v) is 4.95. The van der Waals surface area contributed by atoms with Crippen LogP contribution in [0, 0.1) is 10.1 Å². The lowest BCUT2D eigenvalue weighted by molar-refractivity contribution is -0.384. The predicted molar refractivity (Wildman–Crippen MR) is 81.0 cm³/mol. The fourth-order valence-electron chi connectivity index (χ4n) is 2.32. The second-order valence-electron chi connectivity index (χ2n) is 4.95. The van der Waals surface area contributed by atoms with E-state index in [0.29, 0.717) is 0 Å². The van der Waals surface area contributed by atoms with E-state index in [1.165, 1.54) is 6.07 Å². The van der Waals surface area contributed by atoms with Gasteiger partial charge >= 0.3 is 0 Å². The van der Waals surface area contributed by atoms with Crippen LogP contribution >= 0.6 is 0 Å². The summed E-state index contributed by atoms with van der Waals surface area (Å²) in [4.78, 5) is 14.5. The highest BCUT2D eigenvalue weighted by molar-refractivity contribution is 5.35. The Kier molecular flexibility index (Phi) is 5.45. The lowest BCUT2D eigenvalue weighted by Crippen LogP contribution is -2.25. The van der Waals surface area contributed by atoms with Gasteiger partial charge in [0, 0.05) is 43.7 Å². The molecule has 6 heteroatoms. The minimum Gasteiger partial charge on any atom is -0.336 e. The second kappa shape index (κ2) is 7.54. The molecule has 0 saturated carbocycles. The van der Waals surface area contributed by atoms with Crippen LogP contribution in [0.5, 0.6) is 0 Å². The van der Waals surface area contributed by atoms with Gasteiger partial charge in [-0.3, -0.25) is 10.1 Å². The van der Waals surface area contributed by atoms with Gasteiger partial charge in [0.05, 0.1) is 11.3 Å². The van der Waals surface area contributed by atoms with E-state index < -0.39 is 0 Å². The Labute approximate surface area is 124 Å². The zero-order chi connectivity index (χ0) is 15.1. The number of imidazole rings is 1. The van der Waals surface area contributed by atoms with Gasteiger partial charge in [0.2, 0.25) is 0 Å². The normalized spacial score (nSPS) is 12.2. The number of nitrogens with one attached hydrogen (secondary N) is 1. The van der Waals surface area contributed by atoms with Gasteiger partial charge in [0.1, 0.15) is 0 Å². The number of non-ortho nitro benzene ring substituents is 1. The maximum atomic E-state index is 10.9. The highest BCUT2D eigenvalue weighted by atomic mass is 16.6. The van der Waals surface area contributed by atoms with E-state index in [9.17, 15) is 10.1 Å². The molecule has 1 heterocycles. The standard InChI is InChI=1S/C15H20N4O2/c1-2-4-15(17-8-10-18-9-7-16-12-18)13-5-3-6-14(11-13)19(20)21/h3,5-7,9,11-12,15,17H,2,4,8,10H2,1H3. The molecule has 1 N–H and O–H groups in total. The molecule has 0 radical (unpaired) electrons. The minimum absolute atomic E-state index is 0.137. The number of hydrogen-bond donors (Lipinski definition) is 1. The summed E-state index contributed by atoms with van der Waals surface area (Å²) in [5, 5.41) is 14.3. The van der Waals surface area contributed by atoms with Crippen LogP contribution in [0.25, 0.3) is 0 Å². The zero-order valence-electron chi connectivity index (χ0n) is 12.1. The van der Waals surface area contributed by atoms with Crippen LogP contribution in [0.2, 0.25) is 0 Å². The molecule has 0 aliphatic rings. The van der Waals surface area contributed by atoms with Gasteiger partial charge in [-0.25, -0.2) is 4.98 Å². The van der Waals surface area contributed by atoms with E-state index in [4.69, 9.17) is 0 Å². The molecule has 0 bridgehead atoms. The third kappa shape index (κ3) is 4.39. The van der Waals surface area contributed by atoms with Crippen LogP contribution in [0.4, 0.5) is 5.69 Å². The third-order valence-corrected chi connectivity index (χ3v) is 3.38. The smallest absolute Gasteiger partial charge is 0.269 e. The fraction of sp³-hybridized carbons (Fsp3) is 0.400. The molecule has 1 unspecified atom stereocenters. The Balaban J connectivity index is 2.00. The van der Waals surface area contributed by atoms with Crippen molar-refractivity contribution in [1.82, 2.24) is 14.9 Å². The van der Waals surface area contributed by atoms with E-state index in [-0.39, 0.29) is 16.7 Å². The van der Waals surface area contributed by atoms with E-state index in [2.05, 4.69) is 17.2 Å². The fourth-order valence-corrected chi connectivity index (χ4v) is 2.32. The summed E-state index contributed by atoms with van der Waals surface area (Å²) >= 11 is 0. The summed E-state index contributed by atoms with van der Waals surface area (Å²) in [5.74, 6) is 0. The Bertz CT molecular complexity index is 569. The molecule has 2 aromatic rings.